The molecule has 0 bridgehead atoms. The molecule has 101 valence electrons. The van der Waals surface area contributed by atoms with Crippen LogP contribution in [0.3, 0.4) is 0 Å². The molecule has 0 aliphatic carbocycles. The van der Waals surface area contributed by atoms with Crippen molar-refractivity contribution in [2.24, 2.45) is 0 Å². The topological polar surface area (TPSA) is 44.5 Å². The van der Waals surface area contributed by atoms with Gasteiger partial charge in [0, 0.05) is 11.8 Å². The summed E-state index contributed by atoms with van der Waals surface area (Å²) in [6, 6.07) is 7.61. The van der Waals surface area contributed by atoms with Gasteiger partial charge in [0.25, 0.3) is 0 Å². The van der Waals surface area contributed by atoms with Crippen molar-refractivity contribution in [1.82, 2.24) is 0 Å². The Labute approximate surface area is 113 Å². The maximum Gasteiger partial charge on any atom is 0.216 e. The average Bonchev–Trinajstić information content (AvgIpc) is 2.24. The lowest BCUT2D eigenvalue weighted by atomic mass is 10.3. The van der Waals surface area contributed by atoms with Crippen LogP contribution in [0.25, 0.3) is 0 Å². The van der Waals surface area contributed by atoms with Gasteiger partial charge in [-0.2, -0.15) is 0 Å². The van der Waals surface area contributed by atoms with Crippen molar-refractivity contribution >= 4 is 23.0 Å². The third-order valence-corrected chi connectivity index (χ3v) is 8.56. The Balaban J connectivity index is 2.78. The first-order valence-corrected chi connectivity index (χ1v) is 11.8. The molecule has 1 aromatic rings. The third kappa shape index (κ3) is 4.47. The number of hydrogen-bond donors (Lipinski definition) is 1. The minimum Gasteiger partial charge on any atom is -0.491 e. The number of benzene rings is 1. The molecule has 1 atom stereocenters. The van der Waals surface area contributed by atoms with Gasteiger partial charge in [0.2, 0.25) is 8.32 Å². The lowest BCUT2D eigenvalue weighted by molar-refractivity contribution is 0.245. The summed E-state index contributed by atoms with van der Waals surface area (Å²) in [5, 5.41) is 0. The predicted octanol–water partition coefficient (Wildman–Crippen LogP) is 3.44. The normalized spacial score (nSPS) is 13.7. The van der Waals surface area contributed by atoms with E-state index in [1.165, 1.54) is 0 Å². The van der Waals surface area contributed by atoms with Crippen molar-refractivity contribution in [1.29, 1.82) is 0 Å². The fourth-order valence-corrected chi connectivity index (χ4v) is 8.20. The van der Waals surface area contributed by atoms with Crippen LogP contribution in [-0.2, 0) is 4.12 Å². The first-order valence-electron chi connectivity index (χ1n) is 6.36. The molecule has 3 nitrogen and oxygen atoms in total. The lowest BCUT2D eigenvalue weighted by Gasteiger charge is -2.33. The zero-order chi connectivity index (χ0) is 13.8. The number of nitrogen functional groups attached to an aromatic ring is 1. The Bertz CT molecular complexity index is 383. The van der Waals surface area contributed by atoms with E-state index in [0.717, 1.165) is 17.9 Å². The SMILES string of the molecule is CCC(Oc1cccc(N)c1)[Si](C)(C)O[Si](C)C. The minimum absolute atomic E-state index is 0.166. The number of rotatable bonds is 6. The van der Waals surface area contributed by atoms with Crippen LogP contribution < -0.4 is 10.5 Å². The summed E-state index contributed by atoms with van der Waals surface area (Å²) in [6.07, 6.45) is 0.961. The molecule has 1 unspecified atom stereocenters. The number of hydrogen-bond acceptors (Lipinski definition) is 3. The van der Waals surface area contributed by atoms with Gasteiger partial charge in [-0.05, 0) is 44.7 Å². The Hall–Kier alpha value is -0.786. The Morgan fingerprint density at radius 3 is 2.50 bits per heavy atom. The molecule has 0 saturated heterocycles. The Morgan fingerprint density at radius 1 is 1.33 bits per heavy atom. The molecule has 2 N–H and O–H groups in total. The van der Waals surface area contributed by atoms with Crippen LogP contribution in [0.2, 0.25) is 26.2 Å². The van der Waals surface area contributed by atoms with Gasteiger partial charge in [0.1, 0.15) is 11.5 Å². The number of anilines is 1. The molecule has 1 rings (SSSR count). The maximum atomic E-state index is 6.18. The third-order valence-electron chi connectivity index (χ3n) is 2.75. The van der Waals surface area contributed by atoms with E-state index in [2.05, 4.69) is 33.1 Å². The van der Waals surface area contributed by atoms with Crippen molar-refractivity contribution in [3.8, 4) is 5.75 Å². The highest BCUT2D eigenvalue weighted by Crippen LogP contribution is 2.23. The van der Waals surface area contributed by atoms with E-state index in [-0.39, 0.29) is 5.73 Å². The summed E-state index contributed by atoms with van der Waals surface area (Å²) in [5.41, 5.74) is 6.67. The van der Waals surface area contributed by atoms with Gasteiger partial charge >= 0.3 is 0 Å². The predicted molar refractivity (Wildman–Crippen MR) is 81.6 cm³/mol. The van der Waals surface area contributed by atoms with Crippen LogP contribution in [0.1, 0.15) is 13.3 Å². The fourth-order valence-electron chi connectivity index (χ4n) is 2.06. The van der Waals surface area contributed by atoms with Gasteiger partial charge in [0.05, 0.1) is 0 Å². The molecule has 0 aliphatic heterocycles. The standard InChI is InChI=1S/C13H24NO2Si2/c1-6-13(18(4,5)16-17(2)3)15-12-9-7-8-11(14)10-12/h7-10,13H,6,14H2,1-5H3. The highest BCUT2D eigenvalue weighted by atomic mass is 28.4. The smallest absolute Gasteiger partial charge is 0.216 e. The second kappa shape index (κ2) is 6.40. The zero-order valence-electron chi connectivity index (χ0n) is 12.0. The summed E-state index contributed by atoms with van der Waals surface area (Å²) in [5.74, 6) is 0.840. The molecule has 0 aromatic heterocycles. The molecule has 0 amide bonds. The summed E-state index contributed by atoms with van der Waals surface area (Å²) < 4.78 is 12.3. The number of ether oxygens (including phenoxy) is 1. The van der Waals surface area contributed by atoms with Gasteiger partial charge in [-0.15, -0.1) is 0 Å². The second-order valence-corrected chi connectivity index (χ2v) is 11.7. The monoisotopic (exact) mass is 282 g/mol. The molecule has 0 heterocycles. The Morgan fingerprint density at radius 2 is 2.00 bits per heavy atom. The van der Waals surface area contributed by atoms with Crippen molar-refractivity contribution in [2.75, 3.05) is 5.73 Å². The van der Waals surface area contributed by atoms with Crippen molar-refractivity contribution in [3.63, 3.8) is 0 Å². The Kier molecular flexibility index (Phi) is 5.43. The van der Waals surface area contributed by atoms with Crippen molar-refractivity contribution in [3.05, 3.63) is 24.3 Å². The van der Waals surface area contributed by atoms with Crippen molar-refractivity contribution < 1.29 is 8.85 Å². The second-order valence-electron chi connectivity index (χ2n) is 5.20. The van der Waals surface area contributed by atoms with E-state index < -0.39 is 17.4 Å². The molecular formula is C13H24NO2Si2. The van der Waals surface area contributed by atoms with Crippen LogP contribution in [-0.4, -0.2) is 23.1 Å². The quantitative estimate of drug-likeness (QED) is 0.642. The van der Waals surface area contributed by atoms with Crippen molar-refractivity contribution in [2.45, 2.75) is 45.3 Å². The largest absolute Gasteiger partial charge is 0.491 e. The summed E-state index contributed by atoms with van der Waals surface area (Å²) in [7, 11) is -2.50. The van der Waals surface area contributed by atoms with E-state index in [4.69, 9.17) is 14.6 Å². The van der Waals surface area contributed by atoms with Crippen LogP contribution in [0.15, 0.2) is 24.3 Å². The van der Waals surface area contributed by atoms with E-state index in [0.29, 0.717) is 0 Å². The van der Waals surface area contributed by atoms with Gasteiger partial charge < -0.3 is 14.6 Å². The summed E-state index contributed by atoms with van der Waals surface area (Å²) >= 11 is 0. The van der Waals surface area contributed by atoms with Crippen LogP contribution in [0.4, 0.5) is 5.69 Å². The van der Waals surface area contributed by atoms with E-state index in [1.807, 2.05) is 24.3 Å². The molecule has 0 fully saturated rings. The average molecular weight is 283 g/mol. The molecular weight excluding hydrogens is 258 g/mol. The lowest BCUT2D eigenvalue weighted by Crippen LogP contribution is -2.50. The van der Waals surface area contributed by atoms with Gasteiger partial charge in [0.15, 0.2) is 9.04 Å². The van der Waals surface area contributed by atoms with Crippen LogP contribution in [0, 0.1) is 0 Å². The first kappa shape index (κ1) is 15.3. The highest BCUT2D eigenvalue weighted by molar-refractivity contribution is 6.78. The highest BCUT2D eigenvalue weighted by Gasteiger charge is 2.35. The van der Waals surface area contributed by atoms with Gasteiger partial charge in [-0.3, -0.25) is 0 Å². The van der Waals surface area contributed by atoms with E-state index >= 15 is 0 Å². The summed E-state index contributed by atoms with van der Waals surface area (Å²) in [4.78, 5) is 0. The minimum atomic E-state index is -1.81. The molecule has 5 heteroatoms. The number of nitrogens with two attached hydrogens (primary N) is 1. The zero-order valence-corrected chi connectivity index (χ0v) is 14.0. The van der Waals surface area contributed by atoms with Gasteiger partial charge in [-0.25, -0.2) is 0 Å². The van der Waals surface area contributed by atoms with Gasteiger partial charge in [-0.1, -0.05) is 13.0 Å². The van der Waals surface area contributed by atoms with E-state index in [1.54, 1.807) is 0 Å². The first-order chi connectivity index (χ1) is 8.35. The molecule has 0 saturated carbocycles. The maximum absolute atomic E-state index is 6.18. The molecule has 0 aliphatic rings. The molecule has 1 aromatic carbocycles. The van der Waals surface area contributed by atoms with Crippen LogP contribution >= 0.6 is 0 Å². The molecule has 18 heavy (non-hydrogen) atoms. The summed E-state index contributed by atoms with van der Waals surface area (Å²) in [6.45, 7) is 10.9. The van der Waals surface area contributed by atoms with E-state index in [9.17, 15) is 0 Å². The molecule has 0 spiro atoms. The fraction of sp³-hybridized carbons (Fsp3) is 0.538. The molecule has 1 radical (unpaired) electrons. The van der Waals surface area contributed by atoms with Crippen LogP contribution in [0.5, 0.6) is 5.75 Å².